The van der Waals surface area contributed by atoms with E-state index >= 15 is 0 Å². The minimum atomic E-state index is -0.293. The molecule has 1 aliphatic carbocycles. The topological polar surface area (TPSA) is 67.9 Å². The van der Waals surface area contributed by atoms with Crippen LogP contribution in [0.25, 0.3) is 0 Å². The maximum absolute atomic E-state index is 13.0. The monoisotopic (exact) mass is 422 g/mol. The number of carbonyl (C=O) groups is 2. The van der Waals surface area contributed by atoms with Crippen LogP contribution in [0.4, 0.5) is 0 Å². The van der Waals surface area contributed by atoms with Crippen molar-refractivity contribution in [2.45, 2.75) is 37.6 Å². The van der Waals surface area contributed by atoms with Crippen molar-refractivity contribution in [1.29, 1.82) is 0 Å². The lowest BCUT2D eigenvalue weighted by molar-refractivity contribution is -0.130. The van der Waals surface area contributed by atoms with Gasteiger partial charge in [-0.15, -0.1) is 0 Å². The Kier molecular flexibility index (Phi) is 6.16. The molecular formula is C25H30N2O4. The summed E-state index contributed by atoms with van der Waals surface area (Å²) in [5, 5.41) is 3.28. The third kappa shape index (κ3) is 4.38. The first kappa shape index (κ1) is 21.2. The molecule has 2 amide bonds. The number of amides is 2. The number of carbonyl (C=O) groups excluding carboxylic acids is 2. The van der Waals surface area contributed by atoms with Gasteiger partial charge in [-0.3, -0.25) is 9.59 Å². The molecule has 1 aliphatic heterocycles. The summed E-state index contributed by atoms with van der Waals surface area (Å²) in [7, 11) is 3.22. The van der Waals surface area contributed by atoms with Gasteiger partial charge in [0.1, 0.15) is 0 Å². The molecule has 2 aliphatic rings. The standard InChI is InChI=1S/C25H30N2O4/c1-30-21-10-9-18(15-22(21)31-2)11-14-27-17-19(16-23(27)28)24(29)26-25(12-6-13-25)20-7-4-3-5-8-20/h3-5,7-10,15,19H,6,11-14,16-17H2,1-2H3,(H,26,29). The second kappa shape index (κ2) is 9.00. The number of likely N-dealkylation sites (tertiary alicyclic amines) is 1. The Hall–Kier alpha value is -3.02. The Labute approximate surface area is 183 Å². The lowest BCUT2D eigenvalue weighted by atomic mass is 9.71. The fourth-order valence-electron chi connectivity index (χ4n) is 4.58. The highest BCUT2D eigenvalue weighted by Crippen LogP contribution is 2.41. The van der Waals surface area contributed by atoms with Crippen LogP contribution in [0.3, 0.4) is 0 Å². The molecule has 2 aromatic rings. The predicted molar refractivity (Wildman–Crippen MR) is 118 cm³/mol. The van der Waals surface area contributed by atoms with Crippen LogP contribution < -0.4 is 14.8 Å². The minimum Gasteiger partial charge on any atom is -0.493 e. The van der Waals surface area contributed by atoms with E-state index in [1.165, 1.54) is 0 Å². The van der Waals surface area contributed by atoms with E-state index in [-0.39, 0.29) is 29.7 Å². The van der Waals surface area contributed by atoms with E-state index in [1.807, 2.05) is 36.4 Å². The highest BCUT2D eigenvalue weighted by molar-refractivity contribution is 5.89. The zero-order valence-electron chi connectivity index (χ0n) is 18.2. The van der Waals surface area contributed by atoms with Gasteiger partial charge in [0.2, 0.25) is 11.8 Å². The molecule has 0 spiro atoms. The Bertz CT molecular complexity index is 940. The van der Waals surface area contributed by atoms with Crippen molar-refractivity contribution >= 4 is 11.8 Å². The molecule has 2 aromatic carbocycles. The van der Waals surface area contributed by atoms with E-state index in [0.717, 1.165) is 30.4 Å². The molecule has 1 saturated carbocycles. The summed E-state index contributed by atoms with van der Waals surface area (Å²) in [5.74, 6) is 1.10. The van der Waals surface area contributed by atoms with Crippen LogP contribution in [0.15, 0.2) is 48.5 Å². The first-order valence-corrected chi connectivity index (χ1v) is 10.9. The SMILES string of the molecule is COc1ccc(CCN2CC(C(=O)NC3(c4ccccc4)CCC3)CC2=O)cc1OC. The zero-order chi connectivity index (χ0) is 21.8. The highest BCUT2D eigenvalue weighted by atomic mass is 16.5. The van der Waals surface area contributed by atoms with Crippen LogP contribution in [0.5, 0.6) is 11.5 Å². The summed E-state index contributed by atoms with van der Waals surface area (Å²) in [6.07, 6.45) is 3.99. The van der Waals surface area contributed by atoms with Crippen LogP contribution >= 0.6 is 0 Å². The van der Waals surface area contributed by atoms with E-state index in [2.05, 4.69) is 17.4 Å². The summed E-state index contributed by atoms with van der Waals surface area (Å²) in [5.41, 5.74) is 1.95. The molecule has 164 valence electrons. The summed E-state index contributed by atoms with van der Waals surface area (Å²) in [6, 6.07) is 16.0. The van der Waals surface area contributed by atoms with Crippen molar-refractivity contribution in [2.24, 2.45) is 5.92 Å². The normalized spacial score (nSPS) is 19.6. The third-order valence-electron chi connectivity index (χ3n) is 6.60. The van der Waals surface area contributed by atoms with Gasteiger partial charge in [-0.2, -0.15) is 0 Å². The van der Waals surface area contributed by atoms with Crippen molar-refractivity contribution in [2.75, 3.05) is 27.3 Å². The maximum atomic E-state index is 13.0. The Morgan fingerprint density at radius 2 is 1.84 bits per heavy atom. The molecule has 31 heavy (non-hydrogen) atoms. The number of nitrogens with zero attached hydrogens (tertiary/aromatic N) is 1. The van der Waals surface area contributed by atoms with Gasteiger partial charge in [0.05, 0.1) is 25.7 Å². The first-order chi connectivity index (χ1) is 15.0. The number of hydrogen-bond acceptors (Lipinski definition) is 4. The van der Waals surface area contributed by atoms with Gasteiger partial charge in [0.25, 0.3) is 0 Å². The number of benzene rings is 2. The lowest BCUT2D eigenvalue weighted by Gasteiger charge is -2.43. The van der Waals surface area contributed by atoms with Crippen LogP contribution in [-0.2, 0) is 21.5 Å². The van der Waals surface area contributed by atoms with E-state index < -0.39 is 0 Å². The average Bonchev–Trinajstić information content (AvgIpc) is 3.15. The fraction of sp³-hybridized carbons (Fsp3) is 0.440. The fourth-order valence-corrected chi connectivity index (χ4v) is 4.58. The number of rotatable bonds is 8. The Morgan fingerprint density at radius 1 is 1.10 bits per heavy atom. The molecule has 2 fully saturated rings. The van der Waals surface area contributed by atoms with Crippen molar-refractivity contribution in [1.82, 2.24) is 10.2 Å². The first-order valence-electron chi connectivity index (χ1n) is 10.9. The largest absolute Gasteiger partial charge is 0.493 e. The molecule has 0 aromatic heterocycles. The van der Waals surface area contributed by atoms with E-state index in [1.54, 1.807) is 19.1 Å². The summed E-state index contributed by atoms with van der Waals surface area (Å²) < 4.78 is 10.6. The second-order valence-electron chi connectivity index (χ2n) is 8.47. The van der Waals surface area contributed by atoms with E-state index in [9.17, 15) is 9.59 Å². The highest BCUT2D eigenvalue weighted by Gasteiger charge is 2.43. The van der Waals surface area contributed by atoms with Crippen molar-refractivity contribution in [3.05, 3.63) is 59.7 Å². The zero-order valence-corrected chi connectivity index (χ0v) is 18.2. The molecule has 0 radical (unpaired) electrons. The number of methoxy groups -OCH3 is 2. The van der Waals surface area contributed by atoms with Crippen molar-refractivity contribution < 1.29 is 19.1 Å². The summed E-state index contributed by atoms with van der Waals surface area (Å²) >= 11 is 0. The van der Waals surface area contributed by atoms with Crippen LogP contribution in [-0.4, -0.2) is 44.0 Å². The van der Waals surface area contributed by atoms with Gasteiger partial charge in [-0.05, 0) is 48.9 Å². The van der Waals surface area contributed by atoms with Gasteiger partial charge in [-0.1, -0.05) is 36.4 Å². The Balaban J connectivity index is 1.35. The smallest absolute Gasteiger partial charge is 0.226 e. The third-order valence-corrected chi connectivity index (χ3v) is 6.60. The van der Waals surface area contributed by atoms with Crippen LogP contribution in [0, 0.1) is 5.92 Å². The maximum Gasteiger partial charge on any atom is 0.226 e. The van der Waals surface area contributed by atoms with Gasteiger partial charge < -0.3 is 19.7 Å². The molecule has 1 N–H and O–H groups in total. The lowest BCUT2D eigenvalue weighted by Crippen LogP contribution is -2.52. The molecular weight excluding hydrogens is 392 g/mol. The van der Waals surface area contributed by atoms with Crippen molar-refractivity contribution in [3.63, 3.8) is 0 Å². The summed E-state index contributed by atoms with van der Waals surface area (Å²) in [4.78, 5) is 27.4. The average molecular weight is 423 g/mol. The molecule has 6 nitrogen and oxygen atoms in total. The van der Waals surface area contributed by atoms with Gasteiger partial charge >= 0.3 is 0 Å². The number of hydrogen-bond donors (Lipinski definition) is 1. The van der Waals surface area contributed by atoms with Crippen molar-refractivity contribution in [3.8, 4) is 11.5 Å². The van der Waals surface area contributed by atoms with E-state index in [0.29, 0.717) is 31.0 Å². The molecule has 6 heteroatoms. The van der Waals surface area contributed by atoms with E-state index in [4.69, 9.17) is 9.47 Å². The quantitative estimate of drug-likeness (QED) is 0.709. The molecule has 1 unspecified atom stereocenters. The van der Waals surface area contributed by atoms with Gasteiger partial charge in [-0.25, -0.2) is 0 Å². The minimum absolute atomic E-state index is 0.00878. The predicted octanol–water partition coefficient (Wildman–Crippen LogP) is 3.29. The summed E-state index contributed by atoms with van der Waals surface area (Å²) in [6.45, 7) is 1.06. The van der Waals surface area contributed by atoms with Crippen LogP contribution in [0.1, 0.15) is 36.8 Å². The Morgan fingerprint density at radius 3 is 2.48 bits per heavy atom. The molecule has 1 atom stereocenters. The molecule has 0 bridgehead atoms. The van der Waals surface area contributed by atoms with Crippen LogP contribution in [0.2, 0.25) is 0 Å². The van der Waals surface area contributed by atoms with Gasteiger partial charge in [0.15, 0.2) is 11.5 Å². The molecule has 1 heterocycles. The molecule has 4 rings (SSSR count). The van der Waals surface area contributed by atoms with Gasteiger partial charge in [0, 0.05) is 19.5 Å². The number of ether oxygens (including phenoxy) is 2. The second-order valence-corrected chi connectivity index (χ2v) is 8.47. The number of nitrogens with one attached hydrogen (secondary N) is 1. The molecule has 1 saturated heterocycles.